The van der Waals surface area contributed by atoms with Crippen LogP contribution in [0.3, 0.4) is 0 Å². The zero-order valence-electron chi connectivity index (χ0n) is 22.6. The lowest BCUT2D eigenvalue weighted by Gasteiger charge is -2.33. The maximum atomic E-state index is 5.54. The van der Waals surface area contributed by atoms with Gasteiger partial charge in [-0.05, 0) is 61.5 Å². The fourth-order valence-corrected chi connectivity index (χ4v) is 11.7. The van der Waals surface area contributed by atoms with Gasteiger partial charge in [0.05, 0.1) is 54.4 Å². The van der Waals surface area contributed by atoms with Crippen molar-refractivity contribution in [2.75, 3.05) is 77.4 Å². The highest BCUT2D eigenvalue weighted by Crippen LogP contribution is 2.17. The molecule has 0 N–H and O–H groups in total. The molecule has 3 radical (unpaired) electrons. The third-order valence-electron chi connectivity index (χ3n) is 6.20. The normalized spacial score (nSPS) is 13.0. The second kappa shape index (κ2) is 21.3. The number of quaternary nitrogens is 2. The summed E-state index contributed by atoms with van der Waals surface area (Å²) in [4.78, 5) is 0. The van der Waals surface area contributed by atoms with Crippen molar-refractivity contribution in [2.24, 2.45) is 0 Å². The first-order chi connectivity index (χ1) is 15.7. The minimum absolute atomic E-state index is 0.924. The predicted octanol–water partition coefficient (Wildman–Crippen LogP) is 3.18. The van der Waals surface area contributed by atoms with E-state index in [4.69, 9.17) is 10.4 Å². The van der Waals surface area contributed by atoms with Crippen LogP contribution in [0.5, 0.6) is 0 Å². The molecule has 0 amide bonds. The van der Waals surface area contributed by atoms with Crippen LogP contribution in [0.4, 0.5) is 0 Å². The molecule has 0 aromatic rings. The first kappa shape index (κ1) is 35.3. The topological polar surface area (TPSA) is 27.7 Å². The van der Waals surface area contributed by atoms with Crippen LogP contribution < -0.4 is 0 Å². The highest BCUT2D eigenvalue weighted by atomic mass is 32.2. The minimum atomic E-state index is -2.34. The highest BCUT2D eigenvalue weighted by Gasteiger charge is 2.31. The maximum absolute atomic E-state index is 5.54. The zero-order valence-corrected chi connectivity index (χ0v) is 29.5. The van der Waals surface area contributed by atoms with Gasteiger partial charge in [-0.1, -0.05) is 13.3 Å². The molecule has 0 rings (SSSR count). The third-order valence-corrected chi connectivity index (χ3v) is 14.8. The van der Waals surface area contributed by atoms with E-state index in [2.05, 4.69) is 58.6 Å². The summed E-state index contributed by atoms with van der Waals surface area (Å²) in [5.41, 5.74) is 0. The molecule has 0 aromatic carbocycles. The Kier molecular flexibility index (Phi) is 22.8. The summed E-state index contributed by atoms with van der Waals surface area (Å²) >= 11 is 8.71. The van der Waals surface area contributed by atoms with Crippen LogP contribution in [0.15, 0.2) is 0 Å². The molecular formula is C22H52Al3N2O3S2Si+2. The van der Waals surface area contributed by atoms with E-state index in [0.717, 1.165) is 16.9 Å². The SMILES string of the molecule is CCCCSCCCC[N+](C)(C)CCC[N+](C)(C)CCCCSCCC[Si]([O][AlH])([O][AlH])[O][AlH]. The first-order valence-corrected chi connectivity index (χ1v) is 18.7. The number of hydrogen-bond donors (Lipinski definition) is 0. The van der Waals surface area contributed by atoms with Crippen molar-refractivity contribution in [1.82, 2.24) is 0 Å². The van der Waals surface area contributed by atoms with Crippen molar-refractivity contribution in [3.63, 3.8) is 0 Å². The summed E-state index contributed by atoms with van der Waals surface area (Å²) in [5.74, 6) is 5.12. The average Bonchev–Trinajstić information content (AvgIpc) is 2.77. The van der Waals surface area contributed by atoms with Crippen molar-refractivity contribution in [3.05, 3.63) is 0 Å². The van der Waals surface area contributed by atoms with Gasteiger partial charge in [-0.15, -0.1) is 0 Å². The summed E-state index contributed by atoms with van der Waals surface area (Å²) < 4.78 is 18.9. The van der Waals surface area contributed by atoms with Gasteiger partial charge in [-0.3, -0.25) is 0 Å². The summed E-state index contributed by atoms with van der Waals surface area (Å²) in [6.45, 7) is 7.49. The largest absolute Gasteiger partial charge is 0.515 e. The molecule has 33 heavy (non-hydrogen) atoms. The molecule has 0 aliphatic rings. The van der Waals surface area contributed by atoms with E-state index in [9.17, 15) is 0 Å². The molecule has 0 aliphatic carbocycles. The maximum Gasteiger partial charge on any atom is 0.411 e. The van der Waals surface area contributed by atoms with Crippen molar-refractivity contribution < 1.29 is 19.4 Å². The van der Waals surface area contributed by atoms with Crippen LogP contribution in [0, 0.1) is 0 Å². The van der Waals surface area contributed by atoms with Gasteiger partial charge >= 0.3 is 58.7 Å². The molecule has 0 aromatic heterocycles. The molecule has 11 heteroatoms. The smallest absolute Gasteiger partial charge is 0.411 e. The fourth-order valence-electron chi connectivity index (χ4n) is 3.82. The van der Waals surface area contributed by atoms with E-state index in [1.807, 2.05) is 0 Å². The number of hydrogen-bond acceptors (Lipinski definition) is 5. The lowest BCUT2D eigenvalue weighted by molar-refractivity contribution is -0.909. The summed E-state index contributed by atoms with van der Waals surface area (Å²) in [7, 11) is 7.31. The average molecular weight is 566 g/mol. The van der Waals surface area contributed by atoms with E-state index in [1.165, 1.54) is 148 Å². The summed E-state index contributed by atoms with van der Waals surface area (Å²) in [5, 5.41) is 0. The van der Waals surface area contributed by atoms with Crippen LogP contribution in [0.2, 0.25) is 6.04 Å². The van der Waals surface area contributed by atoms with E-state index in [-0.39, 0.29) is 0 Å². The van der Waals surface area contributed by atoms with E-state index < -0.39 is 8.80 Å². The van der Waals surface area contributed by atoms with Crippen LogP contribution in [-0.2, 0) is 10.4 Å². The van der Waals surface area contributed by atoms with Crippen LogP contribution >= 0.6 is 23.5 Å². The zero-order chi connectivity index (χ0) is 25.1. The fraction of sp³-hybridized carbons (Fsp3) is 1.00. The van der Waals surface area contributed by atoms with Crippen LogP contribution in [0.1, 0.15) is 58.3 Å². The second-order valence-electron chi connectivity index (χ2n) is 10.3. The Morgan fingerprint density at radius 1 is 0.576 bits per heavy atom. The molecule has 0 saturated heterocycles. The van der Waals surface area contributed by atoms with Crippen molar-refractivity contribution in [2.45, 2.75) is 64.3 Å². The van der Waals surface area contributed by atoms with Crippen LogP contribution in [0.25, 0.3) is 0 Å². The molecule has 0 saturated carbocycles. The van der Waals surface area contributed by atoms with Gasteiger partial charge in [0.2, 0.25) is 0 Å². The van der Waals surface area contributed by atoms with E-state index in [0.29, 0.717) is 0 Å². The Labute approximate surface area is 241 Å². The number of unbranched alkanes of at least 4 members (excludes halogenated alkanes) is 3. The molecule has 0 heterocycles. The Balaban J connectivity index is 3.78. The third kappa shape index (κ3) is 20.0. The Hall–Kier alpha value is 2.31. The lowest BCUT2D eigenvalue weighted by Crippen LogP contribution is -2.46. The number of thioether (sulfide) groups is 2. The Morgan fingerprint density at radius 2 is 0.970 bits per heavy atom. The van der Waals surface area contributed by atoms with Gasteiger partial charge in [0.1, 0.15) is 0 Å². The molecular weight excluding hydrogens is 513 g/mol. The predicted molar refractivity (Wildman–Crippen MR) is 156 cm³/mol. The van der Waals surface area contributed by atoms with E-state index in [1.54, 1.807) is 0 Å². The lowest BCUT2D eigenvalue weighted by atomic mass is 10.2. The van der Waals surface area contributed by atoms with Gasteiger partial charge in [-0.2, -0.15) is 23.5 Å². The monoisotopic (exact) mass is 565 g/mol. The van der Waals surface area contributed by atoms with Crippen molar-refractivity contribution >= 4 is 82.2 Å². The highest BCUT2D eigenvalue weighted by molar-refractivity contribution is 7.99. The van der Waals surface area contributed by atoms with E-state index >= 15 is 0 Å². The molecule has 0 unspecified atom stereocenters. The van der Waals surface area contributed by atoms with Crippen molar-refractivity contribution in [3.8, 4) is 0 Å². The summed E-state index contributed by atoms with van der Waals surface area (Å²) in [6, 6.07) is 0.924. The number of rotatable bonds is 24. The number of nitrogens with zero attached hydrogens (tertiary/aromatic N) is 2. The molecule has 0 fully saturated rings. The Morgan fingerprint density at radius 3 is 1.39 bits per heavy atom. The molecule has 0 spiro atoms. The van der Waals surface area contributed by atoms with Gasteiger partial charge in [0.25, 0.3) is 0 Å². The second-order valence-corrected chi connectivity index (χ2v) is 18.1. The molecule has 5 nitrogen and oxygen atoms in total. The van der Waals surface area contributed by atoms with Gasteiger partial charge < -0.3 is 19.4 Å². The quantitative estimate of drug-likeness (QED) is 0.102. The van der Waals surface area contributed by atoms with Crippen molar-refractivity contribution in [1.29, 1.82) is 0 Å². The van der Waals surface area contributed by atoms with Gasteiger partial charge in [0, 0.05) is 12.5 Å². The minimum Gasteiger partial charge on any atom is -0.515 e. The summed E-state index contributed by atoms with van der Waals surface area (Å²) in [6.07, 6.45) is 10.5. The standard InChI is InChI=1S/C22H49N2O3S2Si.3Al.3H/c1-6-7-18-28-19-10-8-14-23(2,3)16-12-17-24(4,5)15-9-11-20-29-21-13-22-30(25,26)27;;;;;;/h6-22H2,1-5H3;;;;;;/q-1;3*+1;;;. The Bertz CT molecular complexity index is 458. The molecule has 191 valence electrons. The van der Waals surface area contributed by atoms with Gasteiger partial charge in [-0.25, -0.2) is 0 Å². The van der Waals surface area contributed by atoms with Crippen LogP contribution in [-0.4, -0.2) is 145 Å². The first-order valence-electron chi connectivity index (χ1n) is 12.7. The molecule has 0 bridgehead atoms. The molecule has 0 aliphatic heterocycles. The molecule has 0 atom stereocenters. The van der Waals surface area contributed by atoms with Gasteiger partial charge in [0.15, 0.2) is 0 Å².